The van der Waals surface area contributed by atoms with E-state index in [-0.39, 0.29) is 5.56 Å². The monoisotopic (exact) mass is 450 g/mol. The van der Waals surface area contributed by atoms with E-state index in [0.717, 1.165) is 18.5 Å². The first-order chi connectivity index (χ1) is 14.4. The van der Waals surface area contributed by atoms with E-state index in [1.165, 1.54) is 13.8 Å². The highest BCUT2D eigenvalue weighted by atomic mass is 19.4. The molecule has 0 saturated carbocycles. The van der Waals surface area contributed by atoms with Crippen LogP contribution in [-0.2, 0) is 28.7 Å². The first-order valence-corrected chi connectivity index (χ1v) is 8.90. The number of benzene rings is 1. The molecular formula is C20H17F7N2O2. The van der Waals surface area contributed by atoms with E-state index in [9.17, 15) is 35.5 Å². The van der Waals surface area contributed by atoms with Crippen LogP contribution in [0, 0.1) is 29.2 Å². The fraction of sp³-hybridized carbons (Fsp3) is 0.350. The molecule has 4 nitrogen and oxygen atoms in total. The van der Waals surface area contributed by atoms with Crippen LogP contribution < -0.4 is 0 Å². The number of aromatic nitrogens is 2. The zero-order valence-electron chi connectivity index (χ0n) is 16.4. The first-order valence-electron chi connectivity index (χ1n) is 8.90. The number of hydrogen-bond acceptors (Lipinski definition) is 4. The molecular weight excluding hydrogens is 433 g/mol. The van der Waals surface area contributed by atoms with Gasteiger partial charge in [0.25, 0.3) is 0 Å². The summed E-state index contributed by atoms with van der Waals surface area (Å²) in [5.41, 5.74) is -2.03. The Morgan fingerprint density at radius 2 is 1.52 bits per heavy atom. The van der Waals surface area contributed by atoms with Gasteiger partial charge in [0.15, 0.2) is 23.3 Å². The summed E-state index contributed by atoms with van der Waals surface area (Å²) in [6.45, 7) is 5.18. The minimum Gasteiger partial charge on any atom is -0.460 e. The summed E-state index contributed by atoms with van der Waals surface area (Å²) in [6.07, 6.45) is -2.62. The van der Waals surface area contributed by atoms with Crippen molar-refractivity contribution in [1.82, 2.24) is 9.97 Å². The molecule has 0 fully saturated rings. The van der Waals surface area contributed by atoms with Crippen LogP contribution >= 0.6 is 0 Å². The predicted octanol–water partition coefficient (Wildman–Crippen LogP) is 5.26. The molecule has 0 aliphatic carbocycles. The normalized spacial score (nSPS) is 12.7. The molecule has 1 aromatic heterocycles. The van der Waals surface area contributed by atoms with Gasteiger partial charge in [0.1, 0.15) is 6.61 Å². The predicted molar refractivity (Wildman–Crippen MR) is 94.6 cm³/mol. The van der Waals surface area contributed by atoms with Crippen molar-refractivity contribution >= 4 is 5.97 Å². The molecule has 0 bridgehead atoms. The van der Waals surface area contributed by atoms with Gasteiger partial charge in [0.05, 0.1) is 11.5 Å². The molecule has 0 saturated heterocycles. The summed E-state index contributed by atoms with van der Waals surface area (Å²) < 4.78 is 99.1. The van der Waals surface area contributed by atoms with Crippen LogP contribution in [0.1, 0.15) is 42.3 Å². The van der Waals surface area contributed by atoms with E-state index in [1.54, 1.807) is 0 Å². The molecule has 2 rings (SSSR count). The van der Waals surface area contributed by atoms with Crippen molar-refractivity contribution < 1.29 is 40.3 Å². The van der Waals surface area contributed by atoms with Gasteiger partial charge in [0.2, 0.25) is 5.82 Å². The van der Waals surface area contributed by atoms with Crippen LogP contribution in [0.3, 0.4) is 0 Å². The van der Waals surface area contributed by atoms with Crippen LogP contribution in [-0.4, -0.2) is 15.9 Å². The summed E-state index contributed by atoms with van der Waals surface area (Å²) in [6, 6.07) is 0. The van der Waals surface area contributed by atoms with Crippen LogP contribution in [0.2, 0.25) is 0 Å². The maximum absolute atomic E-state index is 14.2. The van der Waals surface area contributed by atoms with Gasteiger partial charge in [-0.1, -0.05) is 19.9 Å². The molecule has 0 N–H and O–H groups in total. The third kappa shape index (κ3) is 5.20. The molecule has 168 valence electrons. The minimum absolute atomic E-state index is 0.0346. The molecule has 0 radical (unpaired) electrons. The Morgan fingerprint density at radius 1 is 1.03 bits per heavy atom. The molecule has 1 atom stereocenters. The molecule has 0 amide bonds. The zero-order chi connectivity index (χ0) is 23.5. The van der Waals surface area contributed by atoms with Crippen molar-refractivity contribution in [2.45, 2.75) is 39.0 Å². The highest BCUT2D eigenvalue weighted by Crippen LogP contribution is 2.30. The third-order valence-electron chi connectivity index (χ3n) is 4.36. The van der Waals surface area contributed by atoms with E-state index in [0.29, 0.717) is 0 Å². The lowest BCUT2D eigenvalue weighted by molar-refractivity contribution is -0.148. The third-order valence-corrected chi connectivity index (χ3v) is 4.36. The van der Waals surface area contributed by atoms with Crippen molar-refractivity contribution in [3.8, 4) is 0 Å². The SMILES string of the molecule is C=CCc1c(F)c(F)c(COC(=O)C(c2cnc(C(F)(F)F)nc2)C(C)C)c(F)c1F. The number of carbonyl (C=O) groups is 1. The molecule has 11 heteroatoms. The maximum atomic E-state index is 14.2. The number of hydrogen-bond donors (Lipinski definition) is 0. The van der Waals surface area contributed by atoms with E-state index < -0.39 is 77.2 Å². The van der Waals surface area contributed by atoms with Gasteiger partial charge in [-0.15, -0.1) is 6.58 Å². The number of rotatable bonds is 7. The summed E-state index contributed by atoms with van der Waals surface area (Å²) in [5, 5.41) is 0. The Morgan fingerprint density at radius 3 is 1.94 bits per heavy atom. The quantitative estimate of drug-likeness (QED) is 0.250. The fourth-order valence-electron chi connectivity index (χ4n) is 2.84. The van der Waals surface area contributed by atoms with Gasteiger partial charge < -0.3 is 4.74 Å². The Bertz CT molecular complexity index is 944. The summed E-state index contributed by atoms with van der Waals surface area (Å²) in [5.74, 6) is -10.9. The van der Waals surface area contributed by atoms with Gasteiger partial charge in [-0.25, -0.2) is 27.5 Å². The van der Waals surface area contributed by atoms with E-state index >= 15 is 0 Å². The van der Waals surface area contributed by atoms with E-state index in [4.69, 9.17) is 4.74 Å². The standard InChI is InChI=1S/C20H17F7N2O2/c1-4-5-11-14(21)16(23)12(17(24)15(11)22)8-31-18(30)13(9(2)3)10-6-28-19(29-7-10)20(25,26)27/h4,6-7,9,13H,1,5,8H2,2-3H3. The molecule has 0 spiro atoms. The molecule has 1 aromatic carbocycles. The average Bonchev–Trinajstić information content (AvgIpc) is 2.69. The summed E-state index contributed by atoms with van der Waals surface area (Å²) >= 11 is 0. The molecule has 0 aliphatic rings. The van der Waals surface area contributed by atoms with Crippen LogP contribution in [0.4, 0.5) is 30.7 Å². The zero-order valence-corrected chi connectivity index (χ0v) is 16.4. The van der Waals surface area contributed by atoms with Crippen LogP contribution in [0.5, 0.6) is 0 Å². The number of halogens is 7. The highest BCUT2D eigenvalue weighted by Gasteiger charge is 2.35. The topological polar surface area (TPSA) is 52.1 Å². The number of alkyl halides is 3. The largest absolute Gasteiger partial charge is 0.460 e. The summed E-state index contributed by atoms with van der Waals surface area (Å²) in [4.78, 5) is 18.8. The van der Waals surface area contributed by atoms with Crippen LogP contribution in [0.15, 0.2) is 25.0 Å². The average molecular weight is 450 g/mol. The first kappa shape index (κ1) is 24.3. The van der Waals surface area contributed by atoms with Gasteiger partial charge >= 0.3 is 12.1 Å². The van der Waals surface area contributed by atoms with Crippen molar-refractivity contribution in [2.75, 3.05) is 0 Å². The number of esters is 1. The molecule has 2 aromatic rings. The number of allylic oxidation sites excluding steroid dienone is 1. The molecule has 31 heavy (non-hydrogen) atoms. The van der Waals surface area contributed by atoms with Gasteiger partial charge in [0, 0.05) is 23.5 Å². The lowest BCUT2D eigenvalue weighted by Crippen LogP contribution is -2.23. The van der Waals surface area contributed by atoms with E-state index in [2.05, 4.69) is 16.5 Å². The highest BCUT2D eigenvalue weighted by molar-refractivity contribution is 5.78. The second-order valence-electron chi connectivity index (χ2n) is 6.87. The smallest absolute Gasteiger partial charge is 0.451 e. The lowest BCUT2D eigenvalue weighted by Gasteiger charge is -2.20. The fourth-order valence-corrected chi connectivity index (χ4v) is 2.84. The molecule has 0 aliphatic heterocycles. The lowest BCUT2D eigenvalue weighted by atomic mass is 9.90. The van der Waals surface area contributed by atoms with Gasteiger partial charge in [-0.05, 0) is 12.3 Å². The minimum atomic E-state index is -4.78. The number of ether oxygens (including phenoxy) is 1. The van der Waals surface area contributed by atoms with Gasteiger partial charge in [-0.2, -0.15) is 13.2 Å². The number of carbonyl (C=O) groups excluding carboxylic acids is 1. The van der Waals surface area contributed by atoms with Crippen molar-refractivity contribution in [3.63, 3.8) is 0 Å². The Kier molecular flexibility index (Phi) is 7.40. The Hall–Kier alpha value is -2.98. The van der Waals surface area contributed by atoms with Gasteiger partial charge in [-0.3, -0.25) is 4.79 Å². The van der Waals surface area contributed by atoms with Crippen molar-refractivity contribution in [1.29, 1.82) is 0 Å². The summed E-state index contributed by atoms with van der Waals surface area (Å²) in [7, 11) is 0. The van der Waals surface area contributed by atoms with Crippen molar-refractivity contribution in [2.24, 2.45) is 5.92 Å². The maximum Gasteiger partial charge on any atom is 0.451 e. The molecule has 1 unspecified atom stereocenters. The molecule has 1 heterocycles. The van der Waals surface area contributed by atoms with E-state index in [1.807, 2.05) is 0 Å². The number of nitrogens with zero attached hydrogens (tertiary/aromatic N) is 2. The second-order valence-corrected chi connectivity index (χ2v) is 6.87. The second kappa shape index (κ2) is 9.44. The van der Waals surface area contributed by atoms with Crippen molar-refractivity contribution in [3.05, 3.63) is 70.8 Å². The Balaban J connectivity index is 2.28. The van der Waals surface area contributed by atoms with Crippen LogP contribution in [0.25, 0.3) is 0 Å². The Labute approximate surface area is 172 Å².